The van der Waals surface area contributed by atoms with Gasteiger partial charge in [-0.3, -0.25) is 9.59 Å². The maximum atomic E-state index is 13.3. The number of carbonyl (C=O) groups is 2. The van der Waals surface area contributed by atoms with Gasteiger partial charge in [0.05, 0.1) is 5.56 Å². The molecular weight excluding hydrogens is 455 g/mol. The van der Waals surface area contributed by atoms with Gasteiger partial charge in [-0.05, 0) is 80.8 Å². The molecule has 0 bridgehead atoms. The van der Waals surface area contributed by atoms with Crippen molar-refractivity contribution in [1.82, 2.24) is 9.88 Å². The van der Waals surface area contributed by atoms with E-state index in [0.29, 0.717) is 24.2 Å². The minimum atomic E-state index is -4.48. The monoisotopic (exact) mass is 489 g/mol. The Morgan fingerprint density at radius 3 is 2.63 bits per heavy atom. The molecule has 5 rings (SSSR count). The first kappa shape index (κ1) is 24.3. The molecular formula is C27H34F3N3O2. The average molecular weight is 490 g/mol. The zero-order valence-corrected chi connectivity index (χ0v) is 20.8. The van der Waals surface area contributed by atoms with Gasteiger partial charge in [0.25, 0.3) is 0 Å². The van der Waals surface area contributed by atoms with Crippen LogP contribution in [0.25, 0.3) is 0 Å². The highest BCUT2D eigenvalue weighted by atomic mass is 19.4. The van der Waals surface area contributed by atoms with Gasteiger partial charge in [-0.2, -0.15) is 13.2 Å². The molecule has 0 spiro atoms. The van der Waals surface area contributed by atoms with Crippen molar-refractivity contribution in [1.29, 1.82) is 0 Å². The third kappa shape index (κ3) is 3.70. The molecule has 2 amide bonds. The third-order valence-electron chi connectivity index (χ3n) is 9.97. The summed E-state index contributed by atoms with van der Waals surface area (Å²) in [5, 5.41) is 2.70. The number of amides is 2. The van der Waals surface area contributed by atoms with Crippen LogP contribution < -0.4 is 5.32 Å². The van der Waals surface area contributed by atoms with Gasteiger partial charge in [0, 0.05) is 36.7 Å². The van der Waals surface area contributed by atoms with E-state index < -0.39 is 11.7 Å². The number of allylic oxidation sites excluding steroid dienone is 2. The van der Waals surface area contributed by atoms with Crippen LogP contribution in [0.5, 0.6) is 0 Å². The molecule has 6 atom stereocenters. The van der Waals surface area contributed by atoms with E-state index in [9.17, 15) is 22.8 Å². The Bertz CT molecular complexity index is 1100. The van der Waals surface area contributed by atoms with E-state index in [1.807, 2.05) is 11.9 Å². The second kappa shape index (κ2) is 8.07. The molecule has 0 aromatic carbocycles. The molecule has 2 saturated carbocycles. The van der Waals surface area contributed by atoms with Crippen LogP contribution in [-0.4, -0.2) is 28.7 Å². The maximum Gasteiger partial charge on any atom is 0.416 e. The molecule has 4 aliphatic rings. The zero-order chi connectivity index (χ0) is 25.3. The maximum absolute atomic E-state index is 13.3. The Labute approximate surface area is 204 Å². The topological polar surface area (TPSA) is 62.3 Å². The normalized spacial score (nSPS) is 37.0. The molecule has 2 heterocycles. The Kier molecular flexibility index (Phi) is 5.61. The molecule has 1 N–H and O–H groups in total. The van der Waals surface area contributed by atoms with Crippen molar-refractivity contribution in [2.75, 3.05) is 12.4 Å². The second-order valence-corrected chi connectivity index (χ2v) is 11.7. The Morgan fingerprint density at radius 2 is 1.91 bits per heavy atom. The first-order valence-corrected chi connectivity index (χ1v) is 12.7. The average Bonchev–Trinajstić information content (AvgIpc) is 3.14. The summed E-state index contributed by atoms with van der Waals surface area (Å²) in [6, 6.07) is 1.82. The van der Waals surface area contributed by atoms with Crippen LogP contribution in [-0.2, 0) is 15.8 Å². The number of nitrogens with zero attached hydrogens (tertiary/aromatic N) is 2. The molecule has 0 radical (unpaired) electrons. The van der Waals surface area contributed by atoms with Gasteiger partial charge in [0.2, 0.25) is 11.8 Å². The van der Waals surface area contributed by atoms with Crippen molar-refractivity contribution in [2.45, 2.75) is 71.9 Å². The number of hydrogen-bond donors (Lipinski definition) is 1. The van der Waals surface area contributed by atoms with Crippen molar-refractivity contribution in [3.8, 4) is 0 Å². The van der Waals surface area contributed by atoms with Gasteiger partial charge in [-0.15, -0.1) is 0 Å². The third-order valence-corrected chi connectivity index (χ3v) is 9.97. The predicted molar refractivity (Wildman–Crippen MR) is 126 cm³/mol. The summed E-state index contributed by atoms with van der Waals surface area (Å²) >= 11 is 0. The number of anilines is 1. The van der Waals surface area contributed by atoms with Gasteiger partial charge in [0.15, 0.2) is 0 Å². The summed E-state index contributed by atoms with van der Waals surface area (Å²) in [6.07, 6.45) is 2.58. The van der Waals surface area contributed by atoms with Crippen LogP contribution in [0.2, 0.25) is 0 Å². The van der Waals surface area contributed by atoms with Crippen LogP contribution >= 0.6 is 0 Å². The Morgan fingerprint density at radius 1 is 1.17 bits per heavy atom. The number of alkyl halides is 3. The van der Waals surface area contributed by atoms with E-state index in [1.165, 1.54) is 11.3 Å². The van der Waals surface area contributed by atoms with Crippen LogP contribution in [0.4, 0.5) is 19.0 Å². The van der Waals surface area contributed by atoms with Gasteiger partial charge >= 0.3 is 6.18 Å². The number of piperidine rings is 1. The number of pyridine rings is 1. The first-order chi connectivity index (χ1) is 16.4. The minimum absolute atomic E-state index is 0.0285. The highest BCUT2D eigenvalue weighted by Crippen LogP contribution is 2.66. The summed E-state index contributed by atoms with van der Waals surface area (Å²) < 4.78 is 39.3. The van der Waals surface area contributed by atoms with Crippen LogP contribution in [0.1, 0.15) is 71.3 Å². The molecule has 1 unspecified atom stereocenters. The molecule has 1 aliphatic heterocycles. The van der Waals surface area contributed by atoms with Gasteiger partial charge in [0.1, 0.15) is 5.82 Å². The standard InChI is InChI=1S/C27H34F3N3O2/c1-15-13-17-18-5-6-20(24(35)32-21-14-16(9-12-31-21)27(28,29)30)25(18,2)10-7-19(17)26(3)11-8-22(34)33(4)23(15)26/h9,12,14,17-20H,5-8,10-11,13H2,1-4H3,(H,31,32,35)/t17-,18-,19+,20?,25-,26+/m0/s1. The molecule has 1 aromatic rings. The molecule has 8 heteroatoms. The fraction of sp³-hybridized carbons (Fsp3) is 0.667. The molecule has 3 aliphatic carbocycles. The number of aromatic nitrogens is 1. The molecule has 5 nitrogen and oxygen atoms in total. The molecule has 1 aromatic heterocycles. The van der Waals surface area contributed by atoms with Crippen molar-refractivity contribution in [3.63, 3.8) is 0 Å². The van der Waals surface area contributed by atoms with Gasteiger partial charge in [-0.25, -0.2) is 4.98 Å². The summed E-state index contributed by atoms with van der Waals surface area (Å²) in [7, 11) is 1.91. The number of halogens is 3. The van der Waals surface area contributed by atoms with Crippen LogP contribution in [0.3, 0.4) is 0 Å². The number of carbonyl (C=O) groups excluding carboxylic acids is 2. The lowest BCUT2D eigenvalue weighted by Crippen LogP contribution is -2.54. The molecule has 190 valence electrons. The number of rotatable bonds is 2. The second-order valence-electron chi connectivity index (χ2n) is 11.7. The lowest BCUT2D eigenvalue weighted by atomic mass is 9.48. The van der Waals surface area contributed by atoms with E-state index >= 15 is 0 Å². The van der Waals surface area contributed by atoms with Gasteiger partial charge in [-0.1, -0.05) is 19.4 Å². The van der Waals surface area contributed by atoms with E-state index in [4.69, 9.17) is 0 Å². The molecule has 3 fully saturated rings. The summed E-state index contributed by atoms with van der Waals surface area (Å²) in [5.74, 6) is 0.973. The lowest BCUT2D eigenvalue weighted by molar-refractivity contribution is -0.137. The summed E-state index contributed by atoms with van der Waals surface area (Å²) in [5.41, 5.74) is 1.45. The Hall–Kier alpha value is -2.38. The quantitative estimate of drug-likeness (QED) is 0.551. The smallest absolute Gasteiger partial charge is 0.319 e. The van der Waals surface area contributed by atoms with Crippen LogP contribution in [0.15, 0.2) is 29.6 Å². The minimum Gasteiger partial charge on any atom is -0.319 e. The summed E-state index contributed by atoms with van der Waals surface area (Å²) in [4.78, 5) is 31.6. The van der Waals surface area contributed by atoms with Crippen LogP contribution in [0, 0.1) is 34.5 Å². The zero-order valence-electron chi connectivity index (χ0n) is 20.8. The highest BCUT2D eigenvalue weighted by molar-refractivity contribution is 5.92. The SMILES string of the molecule is CC1=C2N(C)C(=O)CC[C@]2(C)[C@@H]2CC[C@]3(C)C(C(=O)Nc4cc(C(F)(F)F)ccn4)CC[C@H]3[C@@H]2C1. The highest BCUT2D eigenvalue weighted by Gasteiger charge is 2.61. The van der Waals surface area contributed by atoms with Crippen molar-refractivity contribution >= 4 is 17.6 Å². The van der Waals surface area contributed by atoms with Crippen molar-refractivity contribution < 1.29 is 22.8 Å². The van der Waals surface area contributed by atoms with E-state index in [0.717, 1.165) is 56.9 Å². The largest absolute Gasteiger partial charge is 0.416 e. The number of nitrogens with one attached hydrogen (secondary N) is 1. The van der Waals surface area contributed by atoms with E-state index in [2.05, 4.69) is 31.1 Å². The van der Waals surface area contributed by atoms with E-state index in [-0.39, 0.29) is 34.4 Å². The van der Waals surface area contributed by atoms with E-state index in [1.54, 1.807) is 0 Å². The fourth-order valence-electron chi connectivity index (χ4n) is 8.43. The first-order valence-electron chi connectivity index (χ1n) is 12.7. The number of fused-ring (bicyclic) bond motifs is 5. The van der Waals surface area contributed by atoms with Crippen molar-refractivity contribution in [2.24, 2.45) is 34.5 Å². The molecule has 35 heavy (non-hydrogen) atoms. The number of likely N-dealkylation sites (tertiary alicyclic amines) is 1. The Balaban J connectivity index is 1.39. The lowest BCUT2D eigenvalue weighted by Gasteiger charge is -2.59. The summed E-state index contributed by atoms with van der Waals surface area (Å²) in [6.45, 7) is 6.69. The molecule has 1 saturated heterocycles. The predicted octanol–water partition coefficient (Wildman–Crippen LogP) is 6.03. The van der Waals surface area contributed by atoms with Crippen molar-refractivity contribution in [3.05, 3.63) is 35.2 Å². The number of hydrogen-bond acceptors (Lipinski definition) is 3. The fourth-order valence-corrected chi connectivity index (χ4v) is 8.43. The van der Waals surface area contributed by atoms with Gasteiger partial charge < -0.3 is 10.2 Å².